The number of halogens is 2. The number of hydrogen-bond donors (Lipinski definition) is 1. The SMILES string of the molecule is Cc1c(-n2c(O)c3n(c2=O)[C@@H]2CC3N(S(=O)(=O)c3ccccc3F)C2)ccc(C#N)c1Cl. The van der Waals surface area contributed by atoms with Gasteiger partial charge in [-0.05, 0) is 43.2 Å². The van der Waals surface area contributed by atoms with Gasteiger partial charge in [-0.1, -0.05) is 23.7 Å². The van der Waals surface area contributed by atoms with E-state index in [-0.39, 0.29) is 22.8 Å². The highest BCUT2D eigenvalue weighted by atomic mass is 35.5. The van der Waals surface area contributed by atoms with Gasteiger partial charge in [0.15, 0.2) is 0 Å². The lowest BCUT2D eigenvalue weighted by molar-refractivity contribution is 0.341. The molecule has 0 radical (unpaired) electrons. The minimum absolute atomic E-state index is 0.00912. The zero-order valence-corrected chi connectivity index (χ0v) is 18.2. The van der Waals surface area contributed by atoms with E-state index < -0.39 is 44.4 Å². The summed E-state index contributed by atoms with van der Waals surface area (Å²) < 4.78 is 44.1. The van der Waals surface area contributed by atoms with Gasteiger partial charge in [-0.2, -0.15) is 9.57 Å². The molecule has 2 atom stereocenters. The lowest BCUT2D eigenvalue weighted by Gasteiger charge is -2.27. The van der Waals surface area contributed by atoms with Gasteiger partial charge in [-0.3, -0.25) is 4.57 Å². The van der Waals surface area contributed by atoms with Crippen LogP contribution in [0.15, 0.2) is 46.1 Å². The number of fused-ring (bicyclic) bond motifs is 5. The molecule has 8 nitrogen and oxygen atoms in total. The summed E-state index contributed by atoms with van der Waals surface area (Å²) in [5, 5.41) is 20.3. The maximum Gasteiger partial charge on any atom is 0.336 e. The van der Waals surface area contributed by atoms with Crippen LogP contribution in [0.2, 0.25) is 5.02 Å². The lowest BCUT2D eigenvalue weighted by atomic mass is 10.1. The molecule has 11 heteroatoms. The van der Waals surface area contributed by atoms with E-state index in [1.807, 2.05) is 6.07 Å². The predicted octanol–water partition coefficient (Wildman–Crippen LogP) is 3.01. The molecule has 3 aromatic rings. The molecule has 1 N–H and O–H groups in total. The van der Waals surface area contributed by atoms with Crippen LogP contribution in [0.4, 0.5) is 4.39 Å². The summed E-state index contributed by atoms with van der Waals surface area (Å²) in [7, 11) is -4.19. The Morgan fingerprint density at radius 1 is 1.25 bits per heavy atom. The number of nitriles is 1. The van der Waals surface area contributed by atoms with E-state index in [4.69, 9.17) is 16.9 Å². The molecule has 164 valence electrons. The van der Waals surface area contributed by atoms with Crippen LogP contribution in [-0.2, 0) is 10.0 Å². The molecule has 2 aliphatic rings. The molecule has 1 fully saturated rings. The van der Waals surface area contributed by atoms with E-state index in [0.717, 1.165) is 14.9 Å². The zero-order valence-electron chi connectivity index (χ0n) is 16.7. The largest absolute Gasteiger partial charge is 0.493 e. The summed E-state index contributed by atoms with van der Waals surface area (Å²) in [6.45, 7) is 1.61. The number of imidazole rings is 1. The molecule has 1 unspecified atom stereocenters. The smallest absolute Gasteiger partial charge is 0.336 e. The topological polar surface area (TPSA) is 108 Å². The highest BCUT2D eigenvalue weighted by Gasteiger charge is 2.52. The molecule has 0 amide bonds. The van der Waals surface area contributed by atoms with Crippen molar-refractivity contribution in [1.29, 1.82) is 5.26 Å². The van der Waals surface area contributed by atoms with Crippen LogP contribution < -0.4 is 5.69 Å². The van der Waals surface area contributed by atoms with Crippen LogP contribution in [-0.4, -0.2) is 33.5 Å². The van der Waals surface area contributed by atoms with Crippen LogP contribution in [0.5, 0.6) is 5.88 Å². The van der Waals surface area contributed by atoms with E-state index in [0.29, 0.717) is 17.7 Å². The molecule has 2 bridgehead atoms. The molecular formula is C21H16ClFN4O4S. The van der Waals surface area contributed by atoms with Crippen LogP contribution in [0, 0.1) is 24.1 Å². The van der Waals surface area contributed by atoms with Gasteiger partial charge in [0.25, 0.3) is 0 Å². The van der Waals surface area contributed by atoms with Crippen molar-refractivity contribution in [2.75, 3.05) is 6.54 Å². The average Bonchev–Trinajstić information content (AvgIpc) is 3.43. The van der Waals surface area contributed by atoms with E-state index in [1.54, 1.807) is 6.92 Å². The Hall–Kier alpha value is -3.13. The molecule has 32 heavy (non-hydrogen) atoms. The van der Waals surface area contributed by atoms with Crippen molar-refractivity contribution in [3.63, 3.8) is 0 Å². The fraction of sp³-hybridized carbons (Fsp3) is 0.238. The monoisotopic (exact) mass is 474 g/mol. The molecule has 5 rings (SSSR count). The summed E-state index contributed by atoms with van der Waals surface area (Å²) in [6.07, 6.45) is 0.305. The molecular weight excluding hydrogens is 459 g/mol. The van der Waals surface area contributed by atoms with Gasteiger partial charge in [0.2, 0.25) is 15.9 Å². The van der Waals surface area contributed by atoms with Crippen molar-refractivity contribution in [3.05, 3.63) is 74.5 Å². The Morgan fingerprint density at radius 2 is 1.97 bits per heavy atom. The summed E-state index contributed by atoms with van der Waals surface area (Å²) >= 11 is 6.23. The van der Waals surface area contributed by atoms with Crippen LogP contribution in [0.1, 0.15) is 35.3 Å². The van der Waals surface area contributed by atoms with Crippen LogP contribution in [0.3, 0.4) is 0 Å². The third kappa shape index (κ3) is 2.62. The van der Waals surface area contributed by atoms with Gasteiger partial charge in [-0.25, -0.2) is 22.2 Å². The Labute approximate surface area is 187 Å². The Bertz CT molecular complexity index is 1510. The van der Waals surface area contributed by atoms with E-state index in [9.17, 15) is 22.7 Å². The molecule has 0 saturated carbocycles. The molecule has 3 heterocycles. The molecule has 1 aromatic heterocycles. The fourth-order valence-corrected chi connectivity index (χ4v) is 6.58. The summed E-state index contributed by atoms with van der Waals surface area (Å²) in [4.78, 5) is 12.8. The highest BCUT2D eigenvalue weighted by Crippen LogP contribution is 2.50. The average molecular weight is 475 g/mol. The first kappa shape index (κ1) is 20.8. The number of rotatable bonds is 3. The molecule has 2 aliphatic heterocycles. The van der Waals surface area contributed by atoms with Gasteiger partial charge in [0.1, 0.15) is 22.5 Å². The normalized spacial score (nSPS) is 19.8. The predicted molar refractivity (Wildman–Crippen MR) is 113 cm³/mol. The highest BCUT2D eigenvalue weighted by molar-refractivity contribution is 7.89. The van der Waals surface area contributed by atoms with Gasteiger partial charge < -0.3 is 5.11 Å². The van der Waals surface area contributed by atoms with Crippen LogP contribution >= 0.6 is 11.6 Å². The minimum atomic E-state index is -4.19. The number of sulfonamides is 1. The second kappa shape index (κ2) is 6.93. The van der Waals surface area contributed by atoms with E-state index in [2.05, 4.69) is 0 Å². The standard InChI is InChI=1S/C21H16ClFN4O4S/c1-11-15(7-6-12(9-24)18(11)22)27-20(28)19-16-8-13(26(19)21(27)29)10-25(16)32(30,31)17-5-3-2-4-14(17)23/h2-7,13,16,28H,8,10H2,1H3/t13-,16?/m1/s1. The zero-order chi connectivity index (χ0) is 22.9. The van der Waals surface area contributed by atoms with Gasteiger partial charge in [0, 0.05) is 6.54 Å². The Kier molecular flexibility index (Phi) is 4.50. The third-order valence-electron chi connectivity index (χ3n) is 6.15. The van der Waals surface area contributed by atoms with E-state index in [1.165, 1.54) is 34.9 Å². The van der Waals surface area contributed by atoms with Crippen LogP contribution in [0.25, 0.3) is 5.69 Å². The van der Waals surface area contributed by atoms with Crippen molar-refractivity contribution in [3.8, 4) is 17.6 Å². The number of nitrogens with zero attached hydrogens (tertiary/aromatic N) is 4. The minimum Gasteiger partial charge on any atom is -0.493 e. The molecule has 0 spiro atoms. The number of benzene rings is 2. The van der Waals surface area contributed by atoms with Gasteiger partial charge in [0.05, 0.1) is 28.4 Å². The second-order valence-electron chi connectivity index (χ2n) is 7.79. The molecule has 1 saturated heterocycles. The summed E-state index contributed by atoms with van der Waals surface area (Å²) in [5.74, 6) is -1.27. The number of hydrogen-bond acceptors (Lipinski definition) is 5. The quantitative estimate of drug-likeness (QED) is 0.627. The Balaban J connectivity index is 1.65. The first-order chi connectivity index (χ1) is 15.2. The fourth-order valence-electron chi connectivity index (χ4n) is 4.67. The van der Waals surface area contributed by atoms with Crippen molar-refractivity contribution in [1.82, 2.24) is 13.4 Å². The van der Waals surface area contributed by atoms with Crippen molar-refractivity contribution < 1.29 is 17.9 Å². The van der Waals surface area contributed by atoms with Crippen molar-refractivity contribution in [2.45, 2.75) is 30.3 Å². The van der Waals surface area contributed by atoms with Crippen molar-refractivity contribution in [2.24, 2.45) is 0 Å². The first-order valence-corrected chi connectivity index (χ1v) is 11.5. The van der Waals surface area contributed by atoms with E-state index >= 15 is 0 Å². The van der Waals surface area contributed by atoms with Crippen molar-refractivity contribution >= 4 is 21.6 Å². The second-order valence-corrected chi connectivity index (χ2v) is 10.0. The molecule has 2 aromatic carbocycles. The van der Waals surface area contributed by atoms with Gasteiger partial charge in [-0.15, -0.1) is 0 Å². The summed E-state index contributed by atoms with van der Waals surface area (Å²) in [5.41, 5.74) is 0.578. The lowest BCUT2D eigenvalue weighted by Crippen LogP contribution is -2.38. The third-order valence-corrected chi connectivity index (χ3v) is 8.55. The maximum absolute atomic E-state index is 14.2. The van der Waals surface area contributed by atoms with Gasteiger partial charge >= 0.3 is 5.69 Å². The summed E-state index contributed by atoms with van der Waals surface area (Å²) in [6, 6.07) is 8.71. The number of aromatic nitrogens is 2. The Morgan fingerprint density at radius 3 is 2.66 bits per heavy atom. The first-order valence-electron chi connectivity index (χ1n) is 9.70. The maximum atomic E-state index is 14.2. The number of aromatic hydroxyl groups is 1. The molecule has 0 aliphatic carbocycles.